The molecule has 2 heteroatoms. The Labute approximate surface area is 115 Å². The minimum atomic E-state index is -0.246. The number of unbranched alkanes of at least 4 members (excludes halogenated alkanes) is 1. The van der Waals surface area contributed by atoms with Crippen molar-refractivity contribution < 1.29 is 9.53 Å². The Morgan fingerprint density at radius 2 is 1.95 bits per heavy atom. The van der Waals surface area contributed by atoms with Gasteiger partial charge in [-0.15, -0.1) is 0 Å². The molecule has 102 valence electrons. The molecule has 0 atom stereocenters. The van der Waals surface area contributed by atoms with Crippen molar-refractivity contribution in [1.82, 2.24) is 0 Å². The molecule has 0 amide bonds. The highest BCUT2D eigenvalue weighted by molar-refractivity contribution is 5.89. The van der Waals surface area contributed by atoms with Gasteiger partial charge in [0.25, 0.3) is 0 Å². The van der Waals surface area contributed by atoms with Crippen LogP contribution in [-0.2, 0) is 9.53 Å². The van der Waals surface area contributed by atoms with Crippen LogP contribution in [0.1, 0.15) is 38.7 Å². The second-order valence-corrected chi connectivity index (χ2v) is 4.49. The van der Waals surface area contributed by atoms with Crippen molar-refractivity contribution >= 4 is 12.0 Å². The molecule has 2 nitrogen and oxygen atoms in total. The fourth-order valence-corrected chi connectivity index (χ4v) is 1.81. The first-order chi connectivity index (χ1) is 9.19. The number of hydrogen-bond donors (Lipinski definition) is 0. The summed E-state index contributed by atoms with van der Waals surface area (Å²) in [7, 11) is 1.42. The predicted octanol–water partition coefficient (Wildman–Crippen LogP) is 4.38. The van der Waals surface area contributed by atoms with E-state index in [4.69, 9.17) is 4.74 Å². The lowest BCUT2D eigenvalue weighted by Gasteiger charge is -2.06. The van der Waals surface area contributed by atoms with Gasteiger partial charge in [-0.1, -0.05) is 55.8 Å². The standard InChI is InChI=1S/C17H22O2/c1-4-5-11-16(14(2)17(18)19-3)13-12-15-9-7-6-8-10-15/h6-10,12-13H,4-5,11H2,1-3H3. The van der Waals surface area contributed by atoms with Gasteiger partial charge >= 0.3 is 5.97 Å². The number of benzene rings is 1. The largest absolute Gasteiger partial charge is 0.466 e. The summed E-state index contributed by atoms with van der Waals surface area (Å²) in [6.45, 7) is 3.97. The zero-order valence-electron chi connectivity index (χ0n) is 12.0. The van der Waals surface area contributed by atoms with E-state index in [1.165, 1.54) is 7.11 Å². The molecule has 0 heterocycles. The van der Waals surface area contributed by atoms with Crippen molar-refractivity contribution in [2.75, 3.05) is 7.11 Å². The van der Waals surface area contributed by atoms with Gasteiger partial charge in [0.2, 0.25) is 0 Å². The van der Waals surface area contributed by atoms with Crippen LogP contribution in [0.4, 0.5) is 0 Å². The molecule has 19 heavy (non-hydrogen) atoms. The van der Waals surface area contributed by atoms with Crippen LogP contribution >= 0.6 is 0 Å². The Balaban J connectivity index is 2.92. The second-order valence-electron chi connectivity index (χ2n) is 4.49. The van der Waals surface area contributed by atoms with Gasteiger partial charge in [0.05, 0.1) is 7.11 Å². The SMILES string of the molecule is CCCCC(C=Cc1ccccc1)=C(C)C(=O)OC. The molecule has 0 unspecified atom stereocenters. The van der Waals surface area contributed by atoms with E-state index in [2.05, 4.69) is 6.92 Å². The first kappa shape index (κ1) is 15.2. The molecule has 0 bridgehead atoms. The van der Waals surface area contributed by atoms with Gasteiger partial charge in [-0.2, -0.15) is 0 Å². The number of carbonyl (C=O) groups excluding carboxylic acids is 1. The molecule has 1 rings (SSSR count). The van der Waals surface area contributed by atoms with E-state index in [0.29, 0.717) is 5.57 Å². The van der Waals surface area contributed by atoms with Crippen LogP contribution in [0.2, 0.25) is 0 Å². The Kier molecular flexibility index (Phi) is 6.65. The van der Waals surface area contributed by atoms with Crippen LogP contribution in [-0.4, -0.2) is 13.1 Å². The Morgan fingerprint density at radius 1 is 1.26 bits per heavy atom. The number of hydrogen-bond acceptors (Lipinski definition) is 2. The van der Waals surface area contributed by atoms with Crippen molar-refractivity contribution in [1.29, 1.82) is 0 Å². The Bertz CT molecular complexity index is 455. The van der Waals surface area contributed by atoms with Gasteiger partial charge in [-0.05, 0) is 30.9 Å². The zero-order valence-corrected chi connectivity index (χ0v) is 12.0. The summed E-state index contributed by atoms with van der Waals surface area (Å²) in [6, 6.07) is 10.1. The summed E-state index contributed by atoms with van der Waals surface area (Å²) >= 11 is 0. The molecule has 0 N–H and O–H groups in total. The second kappa shape index (κ2) is 8.30. The highest BCUT2D eigenvalue weighted by atomic mass is 16.5. The minimum absolute atomic E-state index is 0.246. The predicted molar refractivity (Wildman–Crippen MR) is 79.7 cm³/mol. The fraction of sp³-hybridized carbons (Fsp3) is 0.353. The van der Waals surface area contributed by atoms with E-state index in [1.807, 2.05) is 49.4 Å². The molecule has 0 radical (unpaired) electrons. The van der Waals surface area contributed by atoms with Gasteiger partial charge in [-0.3, -0.25) is 0 Å². The lowest BCUT2D eigenvalue weighted by molar-refractivity contribution is -0.136. The normalized spacial score (nSPS) is 12.4. The average Bonchev–Trinajstić information content (AvgIpc) is 2.47. The quantitative estimate of drug-likeness (QED) is 0.430. The molecule has 1 aromatic carbocycles. The lowest BCUT2D eigenvalue weighted by Crippen LogP contribution is -2.04. The Hall–Kier alpha value is -1.83. The summed E-state index contributed by atoms with van der Waals surface area (Å²) in [6.07, 6.45) is 7.15. The van der Waals surface area contributed by atoms with E-state index in [9.17, 15) is 4.79 Å². The van der Waals surface area contributed by atoms with Gasteiger partial charge in [0.15, 0.2) is 0 Å². The van der Waals surface area contributed by atoms with Crippen LogP contribution in [0.15, 0.2) is 47.6 Å². The number of carbonyl (C=O) groups is 1. The van der Waals surface area contributed by atoms with Gasteiger partial charge in [0, 0.05) is 5.57 Å². The molecule has 0 aliphatic heterocycles. The minimum Gasteiger partial charge on any atom is -0.466 e. The van der Waals surface area contributed by atoms with Crippen LogP contribution in [0, 0.1) is 0 Å². The highest BCUT2D eigenvalue weighted by Crippen LogP contribution is 2.17. The molecule has 0 fully saturated rings. The summed E-state index contributed by atoms with van der Waals surface area (Å²) in [4.78, 5) is 11.6. The topological polar surface area (TPSA) is 26.3 Å². The van der Waals surface area contributed by atoms with Gasteiger partial charge < -0.3 is 4.74 Å². The third kappa shape index (κ3) is 5.12. The van der Waals surface area contributed by atoms with Crippen molar-refractivity contribution in [2.45, 2.75) is 33.1 Å². The van der Waals surface area contributed by atoms with Gasteiger partial charge in [0.1, 0.15) is 0 Å². The van der Waals surface area contributed by atoms with E-state index in [1.54, 1.807) is 0 Å². The monoisotopic (exact) mass is 258 g/mol. The van der Waals surface area contributed by atoms with E-state index < -0.39 is 0 Å². The van der Waals surface area contributed by atoms with E-state index in [0.717, 1.165) is 30.4 Å². The van der Waals surface area contributed by atoms with Crippen molar-refractivity contribution in [3.63, 3.8) is 0 Å². The molecule has 0 spiro atoms. The number of methoxy groups -OCH3 is 1. The first-order valence-corrected chi connectivity index (χ1v) is 6.70. The maximum atomic E-state index is 11.6. The summed E-state index contributed by atoms with van der Waals surface area (Å²) in [5.41, 5.74) is 2.88. The third-order valence-corrected chi connectivity index (χ3v) is 3.05. The maximum absolute atomic E-state index is 11.6. The van der Waals surface area contributed by atoms with Crippen molar-refractivity contribution in [2.24, 2.45) is 0 Å². The smallest absolute Gasteiger partial charge is 0.333 e. The number of esters is 1. The summed E-state index contributed by atoms with van der Waals surface area (Å²) in [5.74, 6) is -0.246. The van der Waals surface area contributed by atoms with E-state index >= 15 is 0 Å². The molecule has 0 aliphatic carbocycles. The summed E-state index contributed by atoms with van der Waals surface area (Å²) < 4.78 is 4.79. The summed E-state index contributed by atoms with van der Waals surface area (Å²) in [5, 5.41) is 0. The molecule has 0 aliphatic rings. The van der Waals surface area contributed by atoms with Crippen molar-refractivity contribution in [3.05, 3.63) is 53.1 Å². The highest BCUT2D eigenvalue weighted by Gasteiger charge is 2.08. The lowest BCUT2D eigenvalue weighted by atomic mass is 10.0. The van der Waals surface area contributed by atoms with Crippen LogP contribution in [0.25, 0.3) is 6.08 Å². The first-order valence-electron chi connectivity index (χ1n) is 6.70. The van der Waals surface area contributed by atoms with Crippen LogP contribution < -0.4 is 0 Å². The van der Waals surface area contributed by atoms with Crippen LogP contribution in [0.5, 0.6) is 0 Å². The third-order valence-electron chi connectivity index (χ3n) is 3.05. The van der Waals surface area contributed by atoms with Gasteiger partial charge in [-0.25, -0.2) is 4.79 Å². The average molecular weight is 258 g/mol. The molecule has 0 aromatic heterocycles. The van der Waals surface area contributed by atoms with Crippen molar-refractivity contribution in [3.8, 4) is 0 Å². The number of ether oxygens (including phenoxy) is 1. The molecule has 0 saturated carbocycles. The molecular formula is C17H22O2. The van der Waals surface area contributed by atoms with E-state index in [-0.39, 0.29) is 5.97 Å². The fourth-order valence-electron chi connectivity index (χ4n) is 1.81. The van der Waals surface area contributed by atoms with Crippen LogP contribution in [0.3, 0.4) is 0 Å². The Morgan fingerprint density at radius 3 is 2.53 bits per heavy atom. The molecule has 0 saturated heterocycles. The number of allylic oxidation sites excluding steroid dienone is 2. The number of rotatable bonds is 6. The molecule has 1 aromatic rings. The zero-order chi connectivity index (χ0) is 14.1. The molecular weight excluding hydrogens is 236 g/mol. The maximum Gasteiger partial charge on any atom is 0.333 e.